The molecule has 0 atom stereocenters. The number of carbonyl (C=O) groups excluding carboxylic acids is 1. The van der Waals surface area contributed by atoms with Crippen LogP contribution in [0, 0.1) is 5.82 Å². The molecular weight excluding hydrogens is 509 g/mol. The van der Waals surface area contributed by atoms with Crippen molar-refractivity contribution in [3.05, 3.63) is 71.7 Å². The van der Waals surface area contributed by atoms with E-state index < -0.39 is 18.0 Å². The Morgan fingerprint density at radius 1 is 0.923 bits per heavy atom. The molecule has 1 aliphatic rings. The smallest absolute Gasteiger partial charge is 0.414 e. The molecule has 39 heavy (non-hydrogen) atoms. The quantitative estimate of drug-likeness (QED) is 0.256. The van der Waals surface area contributed by atoms with Crippen LogP contribution in [0.4, 0.5) is 4.39 Å². The summed E-state index contributed by atoms with van der Waals surface area (Å²) < 4.78 is 15.4. The van der Waals surface area contributed by atoms with Crippen molar-refractivity contribution in [2.24, 2.45) is 0 Å². The number of nitrogens with zero attached hydrogens (tertiary/aromatic N) is 2. The zero-order chi connectivity index (χ0) is 28.4. The largest absolute Gasteiger partial charge is 0.473 e. The van der Waals surface area contributed by atoms with Crippen LogP contribution in [0.25, 0.3) is 10.9 Å². The third kappa shape index (κ3) is 8.88. The lowest BCUT2D eigenvalue weighted by atomic mass is 10.0. The highest BCUT2D eigenvalue weighted by atomic mass is 19.1. The Morgan fingerprint density at radius 3 is 2.13 bits per heavy atom. The van der Waals surface area contributed by atoms with Crippen molar-refractivity contribution in [3.8, 4) is 0 Å². The average Bonchev–Trinajstić information content (AvgIpc) is 3.35. The van der Waals surface area contributed by atoms with Gasteiger partial charge in [-0.2, -0.15) is 0 Å². The number of amides is 1. The van der Waals surface area contributed by atoms with Gasteiger partial charge in [0.2, 0.25) is 5.91 Å². The van der Waals surface area contributed by atoms with E-state index in [2.05, 4.69) is 33.1 Å². The Labute approximate surface area is 225 Å². The zero-order valence-corrected chi connectivity index (χ0v) is 21.5. The standard InChI is InChI=1S/C26H32FN3O3.C2H2O4/c27-22-5-2-19(3-6-22)7-11-29-12-9-24(10-13-29)30-14-8-21-4-1-20(15-25(21)30)16-26(33)28-23(17-31)18-32;3-1(4)2(5)6/h1-6,8,14-15,23-24,31-32H,7,9-13,16-18H2,(H,28,33);(H,3,4)(H,5,6). The highest BCUT2D eigenvalue weighted by Crippen LogP contribution is 2.28. The fraction of sp³-hybridized carbons (Fsp3) is 0.393. The molecule has 0 unspecified atom stereocenters. The topological polar surface area (TPSA) is 152 Å². The van der Waals surface area contributed by atoms with Gasteiger partial charge in [0.25, 0.3) is 0 Å². The number of carbonyl (C=O) groups is 3. The summed E-state index contributed by atoms with van der Waals surface area (Å²) in [4.78, 5) is 32.9. The molecule has 2 aromatic carbocycles. The number of aliphatic hydroxyl groups excluding tert-OH is 2. The number of aliphatic hydroxyl groups is 2. The van der Waals surface area contributed by atoms with Crippen molar-refractivity contribution in [1.29, 1.82) is 0 Å². The Morgan fingerprint density at radius 2 is 1.54 bits per heavy atom. The van der Waals surface area contributed by atoms with Crippen LogP contribution in [0.2, 0.25) is 0 Å². The number of nitrogens with one attached hydrogen (secondary N) is 1. The lowest BCUT2D eigenvalue weighted by Crippen LogP contribution is -2.40. The molecule has 0 aliphatic carbocycles. The lowest BCUT2D eigenvalue weighted by molar-refractivity contribution is -0.159. The summed E-state index contributed by atoms with van der Waals surface area (Å²) in [6.45, 7) is 2.46. The predicted octanol–water partition coefficient (Wildman–Crippen LogP) is 1.83. The second-order valence-electron chi connectivity index (χ2n) is 9.48. The van der Waals surface area contributed by atoms with Gasteiger partial charge in [-0.15, -0.1) is 0 Å². The van der Waals surface area contributed by atoms with Gasteiger partial charge < -0.3 is 35.2 Å². The van der Waals surface area contributed by atoms with E-state index in [1.165, 1.54) is 12.1 Å². The average molecular weight is 544 g/mol. The number of piperidine rings is 1. The van der Waals surface area contributed by atoms with Gasteiger partial charge in [-0.25, -0.2) is 14.0 Å². The van der Waals surface area contributed by atoms with Gasteiger partial charge in [0.1, 0.15) is 5.82 Å². The Kier molecular flexibility index (Phi) is 11.0. The molecule has 1 amide bonds. The number of fused-ring (bicyclic) bond motifs is 1. The van der Waals surface area contributed by atoms with E-state index in [1.54, 1.807) is 0 Å². The second kappa shape index (κ2) is 14.4. The van der Waals surface area contributed by atoms with Crippen molar-refractivity contribution in [2.75, 3.05) is 32.8 Å². The number of likely N-dealkylation sites (tertiary alicyclic amines) is 1. The molecule has 2 heterocycles. The molecule has 1 aliphatic heterocycles. The van der Waals surface area contributed by atoms with Gasteiger partial charge >= 0.3 is 11.9 Å². The number of carboxylic acid groups (broad SMARTS) is 2. The zero-order valence-electron chi connectivity index (χ0n) is 21.5. The number of rotatable bonds is 9. The van der Waals surface area contributed by atoms with E-state index in [-0.39, 0.29) is 31.4 Å². The van der Waals surface area contributed by atoms with E-state index in [9.17, 15) is 9.18 Å². The molecule has 0 bridgehead atoms. The molecule has 0 spiro atoms. The van der Waals surface area contributed by atoms with Crippen molar-refractivity contribution in [3.63, 3.8) is 0 Å². The highest BCUT2D eigenvalue weighted by Gasteiger charge is 2.21. The monoisotopic (exact) mass is 543 g/mol. The van der Waals surface area contributed by atoms with Gasteiger partial charge in [0, 0.05) is 37.4 Å². The maximum atomic E-state index is 13.1. The summed E-state index contributed by atoms with van der Waals surface area (Å²) in [5.41, 5.74) is 3.20. The van der Waals surface area contributed by atoms with Crippen molar-refractivity contribution in [2.45, 2.75) is 37.8 Å². The first-order chi connectivity index (χ1) is 18.7. The lowest BCUT2D eigenvalue weighted by Gasteiger charge is -2.33. The Bertz CT molecular complexity index is 1240. The number of halogens is 1. The summed E-state index contributed by atoms with van der Waals surface area (Å²) in [5, 5.41) is 36.9. The first kappa shape index (κ1) is 29.8. The van der Waals surface area contributed by atoms with Crippen LogP contribution >= 0.6 is 0 Å². The number of hydrogen-bond acceptors (Lipinski definition) is 6. The van der Waals surface area contributed by atoms with E-state index in [0.29, 0.717) is 6.04 Å². The van der Waals surface area contributed by atoms with Crippen LogP contribution in [0.5, 0.6) is 0 Å². The van der Waals surface area contributed by atoms with Crippen LogP contribution < -0.4 is 5.32 Å². The molecule has 1 aromatic heterocycles. The van der Waals surface area contributed by atoms with Crippen LogP contribution in [0.3, 0.4) is 0 Å². The molecule has 3 aromatic rings. The van der Waals surface area contributed by atoms with Crippen molar-refractivity contribution < 1.29 is 39.2 Å². The normalized spacial score (nSPS) is 14.2. The first-order valence-electron chi connectivity index (χ1n) is 12.7. The fourth-order valence-corrected chi connectivity index (χ4v) is 4.60. The van der Waals surface area contributed by atoms with Crippen LogP contribution in [0.15, 0.2) is 54.7 Å². The summed E-state index contributed by atoms with van der Waals surface area (Å²) >= 11 is 0. The highest BCUT2D eigenvalue weighted by molar-refractivity contribution is 6.27. The molecule has 1 fully saturated rings. The van der Waals surface area contributed by atoms with Crippen LogP contribution in [-0.4, -0.2) is 86.6 Å². The minimum Gasteiger partial charge on any atom is -0.473 e. The number of aliphatic carboxylic acids is 2. The van der Waals surface area contributed by atoms with Crippen molar-refractivity contribution >= 4 is 28.7 Å². The number of benzene rings is 2. The van der Waals surface area contributed by atoms with Crippen LogP contribution in [-0.2, 0) is 27.2 Å². The molecule has 4 rings (SSSR count). The number of aromatic nitrogens is 1. The molecular formula is C28H34FN3O7. The van der Waals surface area contributed by atoms with E-state index in [4.69, 9.17) is 30.0 Å². The Hall–Kier alpha value is -3.80. The number of carboxylic acids is 2. The maximum Gasteiger partial charge on any atom is 0.414 e. The van der Waals surface area contributed by atoms with Gasteiger partial charge in [-0.05, 0) is 60.0 Å². The second-order valence-corrected chi connectivity index (χ2v) is 9.48. The molecule has 210 valence electrons. The van der Waals surface area contributed by atoms with Crippen molar-refractivity contribution in [1.82, 2.24) is 14.8 Å². The summed E-state index contributed by atoms with van der Waals surface area (Å²) in [6, 6.07) is 14.7. The SMILES string of the molecule is O=C(Cc1ccc2ccn(C3CCN(CCc4ccc(F)cc4)CC3)c2c1)NC(CO)CO.O=C(O)C(=O)O. The maximum absolute atomic E-state index is 13.1. The summed E-state index contributed by atoms with van der Waals surface area (Å²) in [6.07, 6.45) is 5.40. The van der Waals surface area contributed by atoms with Gasteiger partial charge in [-0.1, -0.05) is 24.3 Å². The predicted molar refractivity (Wildman–Crippen MR) is 142 cm³/mol. The molecule has 10 nitrogen and oxygen atoms in total. The first-order valence-corrected chi connectivity index (χ1v) is 12.7. The van der Waals surface area contributed by atoms with Crippen LogP contribution in [0.1, 0.15) is 30.0 Å². The molecule has 0 saturated carbocycles. The minimum absolute atomic E-state index is 0.193. The molecule has 5 N–H and O–H groups in total. The van der Waals surface area contributed by atoms with Gasteiger partial charge in [0.05, 0.1) is 25.7 Å². The number of hydrogen-bond donors (Lipinski definition) is 5. The third-order valence-electron chi connectivity index (χ3n) is 6.72. The molecule has 0 radical (unpaired) electrons. The summed E-state index contributed by atoms with van der Waals surface area (Å²) in [7, 11) is 0. The van der Waals surface area contributed by atoms with E-state index >= 15 is 0 Å². The molecule has 11 heteroatoms. The molecule has 1 saturated heterocycles. The van der Waals surface area contributed by atoms with E-state index in [0.717, 1.165) is 60.9 Å². The Balaban J connectivity index is 0.000000631. The van der Waals surface area contributed by atoms with Gasteiger partial charge in [-0.3, -0.25) is 4.79 Å². The van der Waals surface area contributed by atoms with E-state index in [1.807, 2.05) is 24.3 Å². The fourth-order valence-electron chi connectivity index (χ4n) is 4.60. The van der Waals surface area contributed by atoms with Gasteiger partial charge in [0.15, 0.2) is 0 Å². The minimum atomic E-state index is -1.82. The third-order valence-corrected chi connectivity index (χ3v) is 6.72. The summed E-state index contributed by atoms with van der Waals surface area (Å²) in [5.74, 6) is -4.05.